The third-order valence-electron chi connectivity index (χ3n) is 2.86. The summed E-state index contributed by atoms with van der Waals surface area (Å²) in [6, 6.07) is 1.90. The average molecular weight is 311 g/mol. The predicted molar refractivity (Wildman–Crippen MR) is 73.6 cm³/mol. The third kappa shape index (κ3) is 2.20. The first-order valence-corrected chi connectivity index (χ1v) is 7.70. The first-order chi connectivity index (χ1) is 9.56. The van der Waals surface area contributed by atoms with E-state index in [4.69, 9.17) is 14.6 Å². The minimum atomic E-state index is -1.43. The van der Waals surface area contributed by atoms with Crippen LogP contribution in [-0.4, -0.2) is 32.9 Å². The second-order valence-electron chi connectivity index (χ2n) is 4.17. The van der Waals surface area contributed by atoms with Crippen LogP contribution in [0.3, 0.4) is 0 Å². The summed E-state index contributed by atoms with van der Waals surface area (Å²) in [6.45, 7) is 0. The molecular weight excluding hydrogens is 302 g/mol. The van der Waals surface area contributed by atoms with Crippen molar-refractivity contribution in [2.24, 2.45) is 0 Å². The second-order valence-corrected chi connectivity index (χ2v) is 6.41. The van der Waals surface area contributed by atoms with Gasteiger partial charge in [0.1, 0.15) is 0 Å². The van der Waals surface area contributed by atoms with E-state index in [1.807, 2.05) is 17.8 Å². The van der Waals surface area contributed by atoms with Gasteiger partial charge in [-0.3, -0.25) is 0 Å². The van der Waals surface area contributed by atoms with Crippen molar-refractivity contribution in [2.75, 3.05) is 5.75 Å². The Kier molecular flexibility index (Phi) is 3.27. The Hall–Kier alpha value is -1.80. The molecule has 2 aromatic rings. The molecule has 2 N–H and O–H groups in total. The molecule has 8 heteroatoms. The van der Waals surface area contributed by atoms with E-state index in [2.05, 4.69) is 4.98 Å². The Morgan fingerprint density at radius 1 is 1.30 bits per heavy atom. The molecule has 0 saturated carbocycles. The molecule has 2 aromatic heterocycles. The summed E-state index contributed by atoms with van der Waals surface area (Å²) in [4.78, 5) is 27.7. The van der Waals surface area contributed by atoms with Crippen LogP contribution in [0.2, 0.25) is 0 Å². The number of carbonyl (C=O) groups is 2. The van der Waals surface area contributed by atoms with Crippen molar-refractivity contribution < 1.29 is 24.2 Å². The van der Waals surface area contributed by atoms with Gasteiger partial charge in [0, 0.05) is 10.6 Å². The minimum Gasteiger partial charge on any atom is -0.476 e. The van der Waals surface area contributed by atoms with Crippen molar-refractivity contribution in [3.63, 3.8) is 0 Å². The number of rotatable bonds is 3. The second kappa shape index (κ2) is 4.95. The van der Waals surface area contributed by atoms with Crippen molar-refractivity contribution in [3.05, 3.63) is 28.0 Å². The van der Waals surface area contributed by atoms with Gasteiger partial charge < -0.3 is 14.6 Å². The van der Waals surface area contributed by atoms with Crippen LogP contribution in [0, 0.1) is 0 Å². The number of thioether (sulfide) groups is 1. The number of oxazole rings is 1. The molecule has 0 aromatic carbocycles. The summed E-state index contributed by atoms with van der Waals surface area (Å²) >= 11 is 3.31. The highest BCUT2D eigenvalue weighted by molar-refractivity contribution is 7.98. The maximum atomic E-state index is 11.0. The number of aromatic nitrogens is 1. The molecule has 1 aliphatic rings. The Labute approximate surface area is 121 Å². The Bertz CT molecular complexity index is 648. The van der Waals surface area contributed by atoms with E-state index < -0.39 is 23.4 Å². The van der Waals surface area contributed by atoms with Crippen molar-refractivity contribution in [2.45, 2.75) is 12.2 Å². The average Bonchev–Trinajstić information content (AvgIpc) is 3.02. The van der Waals surface area contributed by atoms with E-state index >= 15 is 0 Å². The topological polar surface area (TPSA) is 101 Å². The molecule has 0 saturated heterocycles. The molecule has 0 atom stereocenters. The van der Waals surface area contributed by atoms with Gasteiger partial charge >= 0.3 is 11.9 Å². The van der Waals surface area contributed by atoms with Crippen LogP contribution >= 0.6 is 23.1 Å². The minimum absolute atomic E-state index is 0.0594. The molecule has 0 radical (unpaired) electrons. The number of hydrogen-bond acceptors (Lipinski definition) is 6. The predicted octanol–water partition coefficient (Wildman–Crippen LogP) is 2.59. The van der Waals surface area contributed by atoms with E-state index in [9.17, 15) is 9.59 Å². The maximum Gasteiger partial charge on any atom is 0.374 e. The number of fused-ring (bicyclic) bond motifs is 1. The lowest BCUT2D eigenvalue weighted by Crippen LogP contribution is -2.05. The monoisotopic (exact) mass is 311 g/mol. The molecule has 0 aliphatic carbocycles. The quantitative estimate of drug-likeness (QED) is 0.898. The molecular formula is C12H9NO5S2. The van der Waals surface area contributed by atoms with Gasteiger partial charge in [0.2, 0.25) is 17.3 Å². The molecule has 1 aliphatic heterocycles. The molecule has 0 unspecified atom stereocenters. The molecule has 3 rings (SSSR count). The van der Waals surface area contributed by atoms with Crippen LogP contribution in [0.15, 0.2) is 10.5 Å². The van der Waals surface area contributed by atoms with Crippen LogP contribution in [-0.2, 0) is 12.2 Å². The van der Waals surface area contributed by atoms with Crippen molar-refractivity contribution in [1.29, 1.82) is 0 Å². The van der Waals surface area contributed by atoms with E-state index in [-0.39, 0.29) is 5.89 Å². The van der Waals surface area contributed by atoms with Gasteiger partial charge in [0.15, 0.2) is 0 Å². The van der Waals surface area contributed by atoms with Gasteiger partial charge in [0.05, 0.1) is 4.88 Å². The fourth-order valence-corrected chi connectivity index (χ4v) is 4.27. The van der Waals surface area contributed by atoms with Gasteiger partial charge in [-0.1, -0.05) is 0 Å². The molecule has 0 bridgehead atoms. The fourth-order valence-electron chi connectivity index (χ4n) is 1.97. The lowest BCUT2D eigenvalue weighted by Gasteiger charge is -2.08. The number of hydrogen-bond donors (Lipinski definition) is 2. The van der Waals surface area contributed by atoms with Crippen LogP contribution in [0.4, 0.5) is 0 Å². The lowest BCUT2D eigenvalue weighted by atomic mass is 10.2. The van der Waals surface area contributed by atoms with Crippen molar-refractivity contribution in [3.8, 4) is 10.8 Å². The standard InChI is InChI=1S/C12H9NO5S2/c14-11(15)8-9(12(16)17)18-10(13-8)7-3-5-4-19-2-1-6(5)20-7/h3H,1-2,4H2,(H,14,15)(H,16,17). The molecule has 104 valence electrons. The highest BCUT2D eigenvalue weighted by Gasteiger charge is 2.26. The molecule has 0 fully saturated rings. The fraction of sp³-hybridized carbons (Fsp3) is 0.250. The smallest absolute Gasteiger partial charge is 0.374 e. The summed E-state index contributed by atoms with van der Waals surface area (Å²) in [7, 11) is 0. The van der Waals surface area contributed by atoms with Crippen LogP contribution < -0.4 is 0 Å². The summed E-state index contributed by atoms with van der Waals surface area (Å²) in [6.07, 6.45) is 0.961. The first-order valence-electron chi connectivity index (χ1n) is 5.73. The van der Waals surface area contributed by atoms with E-state index in [1.54, 1.807) is 0 Å². The van der Waals surface area contributed by atoms with E-state index in [1.165, 1.54) is 21.8 Å². The number of carboxylic acid groups (broad SMARTS) is 2. The van der Waals surface area contributed by atoms with Crippen molar-refractivity contribution >= 4 is 35.0 Å². The van der Waals surface area contributed by atoms with Crippen LogP contribution in [0.5, 0.6) is 0 Å². The zero-order valence-corrected chi connectivity index (χ0v) is 11.7. The van der Waals surface area contributed by atoms with Gasteiger partial charge in [-0.25, -0.2) is 14.6 Å². The molecule has 3 heterocycles. The highest BCUT2D eigenvalue weighted by atomic mass is 32.2. The van der Waals surface area contributed by atoms with Gasteiger partial charge in [-0.05, 0) is 23.8 Å². The molecule has 0 amide bonds. The summed E-state index contributed by atoms with van der Waals surface area (Å²) < 4.78 is 5.11. The SMILES string of the molecule is O=C(O)c1nc(-c2cc3c(s2)CCSC3)oc1C(=O)O. The molecule has 6 nitrogen and oxygen atoms in total. The summed E-state index contributed by atoms with van der Waals surface area (Å²) in [5.74, 6) is -1.45. The van der Waals surface area contributed by atoms with Gasteiger partial charge in [-0.15, -0.1) is 11.3 Å². The Morgan fingerprint density at radius 2 is 2.10 bits per heavy atom. The number of thiophene rings is 1. The van der Waals surface area contributed by atoms with Gasteiger partial charge in [0.25, 0.3) is 0 Å². The lowest BCUT2D eigenvalue weighted by molar-refractivity contribution is 0.0624. The van der Waals surface area contributed by atoms with Crippen molar-refractivity contribution in [1.82, 2.24) is 4.98 Å². The summed E-state index contributed by atoms with van der Waals surface area (Å²) in [5, 5.41) is 17.9. The largest absolute Gasteiger partial charge is 0.476 e. The van der Waals surface area contributed by atoms with E-state index in [0.29, 0.717) is 4.88 Å². The zero-order valence-electron chi connectivity index (χ0n) is 10.1. The number of aromatic carboxylic acids is 2. The van der Waals surface area contributed by atoms with Crippen LogP contribution in [0.1, 0.15) is 31.5 Å². The summed E-state index contributed by atoms with van der Waals surface area (Å²) in [5.41, 5.74) is 0.626. The maximum absolute atomic E-state index is 11.0. The zero-order chi connectivity index (χ0) is 14.3. The first kappa shape index (κ1) is 13.2. The number of aryl methyl sites for hydroxylation is 1. The number of carboxylic acids is 2. The van der Waals surface area contributed by atoms with Gasteiger partial charge in [-0.2, -0.15) is 11.8 Å². The Morgan fingerprint density at radius 3 is 2.70 bits per heavy atom. The van der Waals surface area contributed by atoms with Crippen LogP contribution in [0.25, 0.3) is 10.8 Å². The normalized spacial score (nSPS) is 14.0. The van der Waals surface area contributed by atoms with E-state index in [0.717, 1.165) is 17.9 Å². The molecule has 20 heavy (non-hydrogen) atoms. The highest BCUT2D eigenvalue weighted by Crippen LogP contribution is 2.37. The molecule has 0 spiro atoms. The third-order valence-corrected chi connectivity index (χ3v) is 5.10. The Balaban J connectivity index is 2.06. The number of nitrogens with zero attached hydrogens (tertiary/aromatic N) is 1.